The van der Waals surface area contributed by atoms with Crippen molar-refractivity contribution in [2.75, 3.05) is 0 Å². The highest BCUT2D eigenvalue weighted by atomic mass is 19.1. The number of alkyl halides is 1. The molecule has 0 unspecified atom stereocenters. The van der Waals surface area contributed by atoms with Gasteiger partial charge in [0.05, 0.1) is 5.54 Å². The Balaban J connectivity index is 1.66. The number of hydrogen-bond acceptors (Lipinski definition) is 5. The molecule has 2 fully saturated rings. The van der Waals surface area contributed by atoms with Crippen molar-refractivity contribution in [3.63, 3.8) is 0 Å². The fourth-order valence-electron chi connectivity index (χ4n) is 5.12. The van der Waals surface area contributed by atoms with Gasteiger partial charge in [-0.1, -0.05) is 56.7 Å². The van der Waals surface area contributed by atoms with Gasteiger partial charge in [-0.15, -0.1) is 0 Å². The number of allylic oxidation sites excluding steroid dienone is 1. The Morgan fingerprint density at radius 3 is 2.30 bits per heavy atom. The maximum absolute atomic E-state index is 14.9. The number of carbonyl (C=O) groups excluding carboxylic acids is 2. The maximum atomic E-state index is 14.9. The Bertz CT molecular complexity index is 1010. The van der Waals surface area contributed by atoms with E-state index in [1.165, 1.54) is 11.8 Å². The summed E-state index contributed by atoms with van der Waals surface area (Å²) in [6, 6.07) is 7.39. The second kappa shape index (κ2) is 8.49. The second-order valence-corrected chi connectivity index (χ2v) is 9.98. The van der Waals surface area contributed by atoms with E-state index in [4.69, 9.17) is 9.41 Å². The molecule has 0 radical (unpaired) electrons. The van der Waals surface area contributed by atoms with Crippen LogP contribution in [-0.2, 0) is 24.5 Å². The SMILES string of the molecule is CCCC=CC1=C(CC)C(=O)N(C2(c3ccc(B4ONC(C)(C)O4)cc3)CC(C)(F)C2)C1=O. The number of nitrogens with one attached hydrogen (secondary N) is 1. The molecule has 1 saturated heterocycles. The predicted molar refractivity (Wildman–Crippen MR) is 125 cm³/mol. The number of imide groups is 1. The van der Waals surface area contributed by atoms with Crippen molar-refractivity contribution in [2.24, 2.45) is 0 Å². The van der Waals surface area contributed by atoms with E-state index < -0.39 is 24.1 Å². The lowest BCUT2D eigenvalue weighted by Gasteiger charge is -2.54. The number of unbranched alkanes of at least 4 members (excludes halogenated alkanes) is 1. The van der Waals surface area contributed by atoms with E-state index in [2.05, 4.69) is 12.4 Å². The van der Waals surface area contributed by atoms with Gasteiger partial charge in [0.2, 0.25) is 0 Å². The highest BCUT2D eigenvalue weighted by molar-refractivity contribution is 6.61. The zero-order valence-corrected chi connectivity index (χ0v) is 20.0. The van der Waals surface area contributed by atoms with E-state index in [1.807, 2.05) is 51.1 Å². The summed E-state index contributed by atoms with van der Waals surface area (Å²) in [6.07, 6.45) is 6.07. The first-order valence-electron chi connectivity index (χ1n) is 11.7. The van der Waals surface area contributed by atoms with Gasteiger partial charge in [-0.05, 0) is 44.6 Å². The van der Waals surface area contributed by atoms with Gasteiger partial charge in [-0.2, -0.15) is 5.48 Å². The first kappa shape index (κ1) is 23.9. The molecule has 33 heavy (non-hydrogen) atoms. The van der Waals surface area contributed by atoms with Gasteiger partial charge in [-0.3, -0.25) is 14.5 Å². The molecule has 0 bridgehead atoms. The van der Waals surface area contributed by atoms with Gasteiger partial charge in [0.15, 0.2) is 0 Å². The molecule has 1 aromatic carbocycles. The molecule has 176 valence electrons. The minimum Gasteiger partial charge on any atom is -0.387 e. The first-order chi connectivity index (χ1) is 15.5. The average molecular weight is 454 g/mol. The predicted octanol–water partition coefficient (Wildman–Crippen LogP) is 3.82. The smallest absolute Gasteiger partial charge is 0.387 e. The Morgan fingerprint density at radius 1 is 1.12 bits per heavy atom. The zero-order valence-electron chi connectivity index (χ0n) is 20.0. The molecule has 0 atom stereocenters. The molecule has 3 aliphatic rings. The lowest BCUT2D eigenvalue weighted by molar-refractivity contribution is -0.160. The third-order valence-corrected chi connectivity index (χ3v) is 6.60. The van der Waals surface area contributed by atoms with Crippen LogP contribution in [-0.4, -0.2) is 35.2 Å². The van der Waals surface area contributed by atoms with Gasteiger partial charge >= 0.3 is 7.12 Å². The molecular formula is C25H32BFN2O4. The molecule has 0 aromatic heterocycles. The van der Waals surface area contributed by atoms with E-state index in [-0.39, 0.29) is 24.7 Å². The van der Waals surface area contributed by atoms with E-state index in [0.717, 1.165) is 23.9 Å². The number of benzene rings is 1. The molecule has 2 heterocycles. The third kappa shape index (κ3) is 4.20. The van der Waals surface area contributed by atoms with Crippen LogP contribution in [0.4, 0.5) is 4.39 Å². The normalized spacial score (nSPS) is 29.5. The summed E-state index contributed by atoms with van der Waals surface area (Å²) in [5.74, 6) is -0.649. The molecule has 1 aromatic rings. The summed E-state index contributed by atoms with van der Waals surface area (Å²) >= 11 is 0. The van der Waals surface area contributed by atoms with Gasteiger partial charge in [0.1, 0.15) is 11.4 Å². The van der Waals surface area contributed by atoms with E-state index in [1.54, 1.807) is 6.08 Å². The minimum absolute atomic E-state index is 0.0742. The lowest BCUT2D eigenvalue weighted by atomic mass is 9.62. The summed E-state index contributed by atoms with van der Waals surface area (Å²) in [5.41, 5.74) is 2.24. The second-order valence-electron chi connectivity index (χ2n) is 9.98. The standard InChI is InChI=1S/C25H32BFN2O4/c1-6-8-9-10-20-19(7-2)21(30)29(22(20)31)25(15-24(5,27)16-25)17-11-13-18(14-12-17)26-32-23(3,4)28-33-26/h9-14,28H,6-8,15-16H2,1-5H3. The summed E-state index contributed by atoms with van der Waals surface area (Å²) in [5, 5.41) is 0. The van der Waals surface area contributed by atoms with Crippen LogP contribution in [0.15, 0.2) is 47.6 Å². The third-order valence-electron chi connectivity index (χ3n) is 6.60. The summed E-state index contributed by atoms with van der Waals surface area (Å²) in [6.45, 7) is 9.18. The van der Waals surface area contributed by atoms with Gasteiger partial charge < -0.3 is 9.41 Å². The van der Waals surface area contributed by atoms with Crippen LogP contribution in [0.25, 0.3) is 0 Å². The van der Waals surface area contributed by atoms with Crippen LogP contribution in [0.3, 0.4) is 0 Å². The number of rotatable bonds is 7. The highest BCUT2D eigenvalue weighted by Gasteiger charge is 2.62. The van der Waals surface area contributed by atoms with Crippen LogP contribution >= 0.6 is 0 Å². The van der Waals surface area contributed by atoms with Crippen LogP contribution in [0.1, 0.15) is 72.3 Å². The number of nitrogens with zero attached hydrogens (tertiary/aromatic N) is 1. The van der Waals surface area contributed by atoms with Crippen LogP contribution in [0.2, 0.25) is 0 Å². The molecule has 6 nitrogen and oxygen atoms in total. The van der Waals surface area contributed by atoms with Crippen molar-refractivity contribution >= 4 is 24.4 Å². The van der Waals surface area contributed by atoms with Crippen LogP contribution in [0.5, 0.6) is 0 Å². The van der Waals surface area contributed by atoms with E-state index in [9.17, 15) is 14.0 Å². The molecule has 2 amide bonds. The molecule has 8 heteroatoms. The molecule has 1 saturated carbocycles. The fourth-order valence-corrected chi connectivity index (χ4v) is 5.12. The number of carbonyl (C=O) groups is 2. The van der Waals surface area contributed by atoms with Crippen molar-refractivity contribution in [1.29, 1.82) is 0 Å². The fraction of sp³-hybridized carbons (Fsp3) is 0.520. The first-order valence-corrected chi connectivity index (χ1v) is 11.7. The van der Waals surface area contributed by atoms with Gasteiger partial charge in [-0.25, -0.2) is 4.39 Å². The van der Waals surface area contributed by atoms with Crippen LogP contribution in [0, 0.1) is 0 Å². The summed E-state index contributed by atoms with van der Waals surface area (Å²) in [4.78, 5) is 28.2. The Labute approximate surface area is 195 Å². The van der Waals surface area contributed by atoms with Crippen molar-refractivity contribution in [3.05, 3.63) is 53.1 Å². The molecule has 1 N–H and O–H groups in total. The summed E-state index contributed by atoms with van der Waals surface area (Å²) in [7, 11) is -0.573. The summed E-state index contributed by atoms with van der Waals surface area (Å²) < 4.78 is 26.2. The van der Waals surface area contributed by atoms with Crippen molar-refractivity contribution < 1.29 is 23.4 Å². The Kier molecular flexibility index (Phi) is 6.14. The lowest BCUT2D eigenvalue weighted by Crippen LogP contribution is -2.62. The van der Waals surface area contributed by atoms with Crippen LogP contribution < -0.4 is 10.9 Å². The maximum Gasteiger partial charge on any atom is 0.512 e. The minimum atomic E-state index is -1.45. The van der Waals surface area contributed by atoms with Gasteiger partial charge in [0.25, 0.3) is 11.8 Å². The van der Waals surface area contributed by atoms with Crippen molar-refractivity contribution in [3.8, 4) is 0 Å². The van der Waals surface area contributed by atoms with E-state index >= 15 is 0 Å². The number of halogens is 1. The monoisotopic (exact) mass is 454 g/mol. The topological polar surface area (TPSA) is 67.9 Å². The van der Waals surface area contributed by atoms with Crippen molar-refractivity contribution in [2.45, 2.75) is 83.7 Å². The Morgan fingerprint density at radius 2 is 1.79 bits per heavy atom. The van der Waals surface area contributed by atoms with E-state index in [0.29, 0.717) is 17.6 Å². The highest BCUT2D eigenvalue weighted by Crippen LogP contribution is 2.56. The zero-order chi connectivity index (χ0) is 24.0. The number of hydrogen-bond donors (Lipinski definition) is 1. The molecule has 4 rings (SSSR count). The number of amides is 2. The Hall–Kier alpha value is -2.29. The largest absolute Gasteiger partial charge is 0.512 e. The molecule has 0 spiro atoms. The molecule has 1 aliphatic carbocycles. The number of hydroxylamine groups is 1. The van der Waals surface area contributed by atoms with Crippen molar-refractivity contribution in [1.82, 2.24) is 10.4 Å². The average Bonchev–Trinajstić information content (AvgIpc) is 3.22. The molecule has 2 aliphatic heterocycles. The van der Waals surface area contributed by atoms with Gasteiger partial charge in [0, 0.05) is 24.0 Å². The quantitative estimate of drug-likeness (QED) is 0.501. The molecular weight excluding hydrogens is 422 g/mol.